The zero-order valence-corrected chi connectivity index (χ0v) is 14.0. The van der Waals surface area contributed by atoms with Crippen molar-refractivity contribution in [1.82, 2.24) is 10.2 Å². The fourth-order valence-electron chi connectivity index (χ4n) is 4.12. The highest BCUT2D eigenvalue weighted by Gasteiger charge is 2.42. The van der Waals surface area contributed by atoms with Crippen molar-refractivity contribution in [3.05, 3.63) is 34.3 Å². The molecule has 3 rings (SSSR count). The molecule has 1 aromatic rings. The Morgan fingerprint density at radius 3 is 2.90 bits per heavy atom. The van der Waals surface area contributed by atoms with E-state index in [1.807, 2.05) is 0 Å². The Kier molecular flexibility index (Phi) is 4.49. The second-order valence-electron chi connectivity index (χ2n) is 6.55. The van der Waals surface area contributed by atoms with Crippen LogP contribution in [-0.2, 0) is 0 Å². The van der Waals surface area contributed by atoms with Crippen LogP contribution in [0.3, 0.4) is 0 Å². The zero-order valence-electron chi connectivity index (χ0n) is 12.4. The van der Waals surface area contributed by atoms with Gasteiger partial charge in [0.05, 0.1) is 0 Å². The van der Waals surface area contributed by atoms with Gasteiger partial charge in [-0.15, -0.1) is 0 Å². The van der Waals surface area contributed by atoms with E-state index in [9.17, 15) is 0 Å². The maximum atomic E-state index is 3.77. The largest absolute Gasteiger partial charge is 0.316 e. The maximum Gasteiger partial charge on any atom is 0.0210 e. The molecule has 0 aromatic heterocycles. The molecule has 2 aliphatic heterocycles. The summed E-state index contributed by atoms with van der Waals surface area (Å²) < 4.78 is 1.28. The van der Waals surface area contributed by atoms with Gasteiger partial charge in [-0.1, -0.05) is 34.1 Å². The van der Waals surface area contributed by atoms with Crippen molar-refractivity contribution in [2.45, 2.75) is 31.6 Å². The lowest BCUT2D eigenvalue weighted by Gasteiger charge is -2.45. The molecule has 0 amide bonds. The molecular weight excluding hydrogens is 312 g/mol. The molecule has 0 bridgehead atoms. The highest BCUT2D eigenvalue weighted by atomic mass is 79.9. The minimum absolute atomic E-state index is 0.500. The van der Waals surface area contributed by atoms with Gasteiger partial charge in [0.1, 0.15) is 0 Å². The fourth-order valence-corrected chi connectivity index (χ4v) is 4.68. The van der Waals surface area contributed by atoms with Crippen LogP contribution in [0, 0.1) is 5.41 Å². The van der Waals surface area contributed by atoms with Crippen LogP contribution in [-0.4, -0.2) is 38.1 Å². The number of hydrogen-bond donors (Lipinski definition) is 1. The van der Waals surface area contributed by atoms with Gasteiger partial charge in [-0.3, -0.25) is 0 Å². The lowest BCUT2D eigenvalue weighted by molar-refractivity contribution is 0.136. The molecule has 20 heavy (non-hydrogen) atoms. The molecule has 1 spiro atoms. The molecule has 2 nitrogen and oxygen atoms in total. The third-order valence-electron chi connectivity index (χ3n) is 5.37. The van der Waals surface area contributed by atoms with E-state index in [0.717, 1.165) is 6.54 Å². The van der Waals surface area contributed by atoms with Crippen molar-refractivity contribution in [3.63, 3.8) is 0 Å². The number of halogens is 1. The Morgan fingerprint density at radius 1 is 1.20 bits per heavy atom. The summed E-state index contributed by atoms with van der Waals surface area (Å²) in [5.41, 5.74) is 2.00. The first-order valence-electron chi connectivity index (χ1n) is 7.85. The van der Waals surface area contributed by atoms with Crippen LogP contribution in [0.2, 0.25) is 0 Å². The fraction of sp³-hybridized carbons (Fsp3) is 0.647. The molecule has 2 heterocycles. The van der Waals surface area contributed by atoms with Crippen LogP contribution in [0.4, 0.5) is 0 Å². The van der Waals surface area contributed by atoms with E-state index in [1.54, 1.807) is 0 Å². The highest BCUT2D eigenvalue weighted by Crippen LogP contribution is 2.49. The van der Waals surface area contributed by atoms with E-state index < -0.39 is 0 Å². The van der Waals surface area contributed by atoms with Gasteiger partial charge in [0.2, 0.25) is 0 Å². The van der Waals surface area contributed by atoms with Gasteiger partial charge in [0.15, 0.2) is 0 Å². The second-order valence-corrected chi connectivity index (χ2v) is 7.40. The molecule has 2 unspecified atom stereocenters. The van der Waals surface area contributed by atoms with Gasteiger partial charge < -0.3 is 10.2 Å². The van der Waals surface area contributed by atoms with Gasteiger partial charge >= 0.3 is 0 Å². The summed E-state index contributed by atoms with van der Waals surface area (Å²) in [7, 11) is 2.27. The Labute approximate surface area is 131 Å². The van der Waals surface area contributed by atoms with Crippen LogP contribution in [0.5, 0.6) is 0 Å². The number of piperidine rings is 1. The van der Waals surface area contributed by atoms with Gasteiger partial charge in [-0.05, 0) is 69.4 Å². The molecule has 0 aliphatic carbocycles. The third-order valence-corrected chi connectivity index (χ3v) is 6.10. The summed E-state index contributed by atoms with van der Waals surface area (Å²) in [6, 6.07) is 8.82. The molecule has 1 aromatic carbocycles. The van der Waals surface area contributed by atoms with Crippen LogP contribution >= 0.6 is 15.9 Å². The Bertz CT molecular complexity index is 462. The van der Waals surface area contributed by atoms with Crippen molar-refractivity contribution < 1.29 is 0 Å². The molecule has 0 saturated carbocycles. The quantitative estimate of drug-likeness (QED) is 0.842. The van der Waals surface area contributed by atoms with Crippen molar-refractivity contribution in [2.24, 2.45) is 5.41 Å². The average molecular weight is 337 g/mol. The summed E-state index contributed by atoms with van der Waals surface area (Å²) in [6.45, 7) is 4.83. The standard InChI is InChI=1S/C17H25BrN2/c1-20-11-4-7-17(9-12-20)8-10-19-13-15(17)14-5-2-3-6-16(14)18/h2-3,5-6,15,19H,4,7-13H2,1H3. The number of benzene rings is 1. The molecule has 2 saturated heterocycles. The Morgan fingerprint density at radius 2 is 2.05 bits per heavy atom. The topological polar surface area (TPSA) is 15.3 Å². The average Bonchev–Trinajstić information content (AvgIpc) is 2.64. The number of rotatable bonds is 1. The van der Waals surface area contributed by atoms with Crippen molar-refractivity contribution in [1.29, 1.82) is 0 Å². The van der Waals surface area contributed by atoms with Crippen molar-refractivity contribution in [2.75, 3.05) is 33.2 Å². The first kappa shape index (κ1) is 14.6. The monoisotopic (exact) mass is 336 g/mol. The minimum atomic E-state index is 0.500. The summed E-state index contributed by atoms with van der Waals surface area (Å²) in [5, 5.41) is 3.63. The van der Waals surface area contributed by atoms with Gasteiger partial charge in [-0.25, -0.2) is 0 Å². The number of nitrogens with one attached hydrogen (secondary N) is 1. The van der Waals surface area contributed by atoms with E-state index in [2.05, 4.69) is 57.5 Å². The van der Waals surface area contributed by atoms with E-state index >= 15 is 0 Å². The lowest BCUT2D eigenvalue weighted by Crippen LogP contribution is -2.44. The van der Waals surface area contributed by atoms with Crippen molar-refractivity contribution in [3.8, 4) is 0 Å². The van der Waals surface area contributed by atoms with Crippen LogP contribution in [0.25, 0.3) is 0 Å². The van der Waals surface area contributed by atoms with Crippen LogP contribution in [0.1, 0.15) is 37.2 Å². The smallest absolute Gasteiger partial charge is 0.0210 e. The number of nitrogens with zero attached hydrogens (tertiary/aromatic N) is 1. The first-order valence-corrected chi connectivity index (χ1v) is 8.64. The van der Waals surface area contributed by atoms with E-state index in [0.29, 0.717) is 11.3 Å². The van der Waals surface area contributed by atoms with Gasteiger partial charge in [0.25, 0.3) is 0 Å². The molecule has 2 aliphatic rings. The minimum Gasteiger partial charge on any atom is -0.316 e. The Hall–Kier alpha value is -0.380. The van der Waals surface area contributed by atoms with E-state index in [4.69, 9.17) is 0 Å². The number of likely N-dealkylation sites (tertiary alicyclic amines) is 1. The van der Waals surface area contributed by atoms with Crippen LogP contribution in [0.15, 0.2) is 28.7 Å². The second kappa shape index (κ2) is 6.17. The molecule has 2 fully saturated rings. The summed E-state index contributed by atoms with van der Waals surface area (Å²) in [5.74, 6) is 0.651. The molecular formula is C17H25BrN2. The van der Waals surface area contributed by atoms with Gasteiger partial charge in [-0.2, -0.15) is 0 Å². The number of hydrogen-bond acceptors (Lipinski definition) is 2. The lowest BCUT2D eigenvalue weighted by atomic mass is 9.64. The molecule has 2 atom stereocenters. The summed E-state index contributed by atoms with van der Waals surface area (Å²) in [4.78, 5) is 2.51. The SMILES string of the molecule is CN1CCCC2(CCNCC2c2ccccc2Br)CC1. The predicted octanol–water partition coefficient (Wildman–Crippen LogP) is 3.63. The molecule has 1 N–H and O–H groups in total. The predicted molar refractivity (Wildman–Crippen MR) is 88.2 cm³/mol. The highest BCUT2D eigenvalue weighted by molar-refractivity contribution is 9.10. The first-order chi connectivity index (χ1) is 9.71. The van der Waals surface area contributed by atoms with E-state index in [1.165, 1.54) is 55.4 Å². The zero-order chi connectivity index (χ0) is 14.0. The van der Waals surface area contributed by atoms with E-state index in [-0.39, 0.29) is 0 Å². The Balaban J connectivity index is 1.92. The molecule has 3 heteroatoms. The van der Waals surface area contributed by atoms with Crippen LogP contribution < -0.4 is 5.32 Å². The molecule has 110 valence electrons. The molecule has 0 radical (unpaired) electrons. The normalized spacial score (nSPS) is 32.2. The van der Waals surface area contributed by atoms with Crippen molar-refractivity contribution >= 4 is 15.9 Å². The van der Waals surface area contributed by atoms with Gasteiger partial charge in [0, 0.05) is 16.9 Å². The summed E-state index contributed by atoms with van der Waals surface area (Å²) in [6.07, 6.45) is 5.40. The summed E-state index contributed by atoms with van der Waals surface area (Å²) >= 11 is 3.77. The third kappa shape index (κ3) is 2.81. The maximum absolute atomic E-state index is 3.77.